The van der Waals surface area contributed by atoms with Crippen LogP contribution in [0, 0.1) is 5.82 Å². The number of piperidine rings is 1. The molecular formula is C27H28FN5O. The fourth-order valence-corrected chi connectivity index (χ4v) is 4.45. The molecule has 4 aromatic rings. The fourth-order valence-electron chi connectivity index (χ4n) is 4.45. The molecule has 1 saturated heterocycles. The van der Waals surface area contributed by atoms with Crippen LogP contribution in [0.15, 0.2) is 66.2 Å². The molecule has 0 saturated carbocycles. The molecule has 1 aliphatic rings. The zero-order valence-electron chi connectivity index (χ0n) is 19.5. The largest absolute Gasteiger partial charge is 0.448 e. The van der Waals surface area contributed by atoms with E-state index in [1.165, 1.54) is 12.3 Å². The first kappa shape index (κ1) is 22.2. The highest BCUT2D eigenvalue weighted by atomic mass is 19.1. The number of rotatable bonds is 6. The van der Waals surface area contributed by atoms with Crippen molar-refractivity contribution in [2.45, 2.75) is 38.6 Å². The number of halogens is 1. The molecule has 34 heavy (non-hydrogen) atoms. The predicted octanol–water partition coefficient (Wildman–Crippen LogP) is 6.09. The van der Waals surface area contributed by atoms with E-state index in [9.17, 15) is 4.39 Å². The molecule has 0 atom stereocenters. The Bertz CT molecular complexity index is 1320. The number of hydrogen-bond acceptors (Lipinski definition) is 6. The second-order valence-electron chi connectivity index (χ2n) is 9.10. The summed E-state index contributed by atoms with van der Waals surface area (Å²) >= 11 is 0. The maximum Gasteiger partial charge on any atom is 0.197 e. The summed E-state index contributed by atoms with van der Waals surface area (Å²) in [5.41, 5.74) is 2.93. The first-order valence-electron chi connectivity index (χ1n) is 11.6. The first-order valence-corrected chi connectivity index (χ1v) is 11.6. The zero-order valence-corrected chi connectivity index (χ0v) is 19.5. The van der Waals surface area contributed by atoms with E-state index < -0.39 is 0 Å². The van der Waals surface area contributed by atoms with Gasteiger partial charge < -0.3 is 14.6 Å². The molecule has 174 valence electrons. The number of oxazole rings is 1. The highest BCUT2D eigenvalue weighted by Crippen LogP contribution is 2.30. The lowest BCUT2D eigenvalue weighted by Gasteiger charge is -2.33. The second-order valence-corrected chi connectivity index (χ2v) is 9.10. The minimum Gasteiger partial charge on any atom is -0.448 e. The van der Waals surface area contributed by atoms with Gasteiger partial charge in [-0.2, -0.15) is 0 Å². The molecule has 3 aromatic heterocycles. The van der Waals surface area contributed by atoms with Gasteiger partial charge in [0.05, 0.1) is 11.9 Å². The van der Waals surface area contributed by atoms with Gasteiger partial charge in [0.15, 0.2) is 5.89 Å². The third-order valence-corrected chi connectivity index (χ3v) is 6.48. The van der Waals surface area contributed by atoms with E-state index in [4.69, 9.17) is 9.40 Å². The first-order chi connectivity index (χ1) is 16.5. The maximum atomic E-state index is 13.6. The lowest BCUT2D eigenvalue weighted by Crippen LogP contribution is -2.37. The number of likely N-dealkylation sites (tertiary alicyclic amines) is 1. The normalized spacial score (nSPS) is 15.2. The Kier molecular flexibility index (Phi) is 6.11. The van der Waals surface area contributed by atoms with Gasteiger partial charge in [-0.25, -0.2) is 14.4 Å². The SMILES string of the molecule is C=C(Nc1cc2cc(-c3cncc(F)c3)ccc2cn1)c1coc(C2CCN(C(C)C)CC2)n1. The van der Waals surface area contributed by atoms with Crippen LogP contribution in [-0.2, 0) is 0 Å². The van der Waals surface area contributed by atoms with E-state index in [0.717, 1.165) is 53.7 Å². The Labute approximate surface area is 198 Å². The van der Waals surface area contributed by atoms with Gasteiger partial charge in [-0.1, -0.05) is 18.7 Å². The van der Waals surface area contributed by atoms with Crippen molar-refractivity contribution in [1.82, 2.24) is 19.9 Å². The standard InChI is InChI=1S/C27H28FN5O/c1-17(2)33-8-6-19(7-9-33)27-32-25(16-34-27)18(3)31-26-12-22-10-20(4-5-21(22)14-30-26)23-11-24(28)15-29-13-23/h4-5,10-17,19H,3,6-9H2,1-2H3,(H,30,31). The van der Waals surface area contributed by atoms with E-state index in [1.54, 1.807) is 18.7 Å². The van der Waals surface area contributed by atoms with Crippen molar-refractivity contribution in [3.63, 3.8) is 0 Å². The van der Waals surface area contributed by atoms with Crippen LogP contribution in [0.4, 0.5) is 10.2 Å². The Balaban J connectivity index is 1.30. The zero-order chi connectivity index (χ0) is 23.7. The van der Waals surface area contributed by atoms with Gasteiger partial charge in [0.25, 0.3) is 0 Å². The Morgan fingerprint density at radius 3 is 2.68 bits per heavy atom. The number of anilines is 1. The van der Waals surface area contributed by atoms with Gasteiger partial charge in [0.1, 0.15) is 23.6 Å². The molecule has 0 aliphatic carbocycles. The summed E-state index contributed by atoms with van der Waals surface area (Å²) in [5, 5.41) is 5.21. The molecular weight excluding hydrogens is 429 g/mol. The van der Waals surface area contributed by atoms with Gasteiger partial charge in [-0.3, -0.25) is 4.98 Å². The summed E-state index contributed by atoms with van der Waals surface area (Å²) in [5.74, 6) is 1.41. The average Bonchev–Trinajstić information content (AvgIpc) is 3.34. The molecule has 1 fully saturated rings. The molecule has 0 spiro atoms. The van der Waals surface area contributed by atoms with Crippen LogP contribution < -0.4 is 5.32 Å². The molecule has 0 unspecified atom stereocenters. The minimum atomic E-state index is -0.358. The van der Waals surface area contributed by atoms with Crippen LogP contribution >= 0.6 is 0 Å². The van der Waals surface area contributed by atoms with Gasteiger partial charge in [0.2, 0.25) is 0 Å². The molecule has 5 rings (SSSR count). The number of nitrogens with zero attached hydrogens (tertiary/aromatic N) is 4. The maximum absolute atomic E-state index is 13.6. The van der Waals surface area contributed by atoms with Gasteiger partial charge >= 0.3 is 0 Å². The molecule has 1 aliphatic heterocycles. The Morgan fingerprint density at radius 2 is 1.91 bits per heavy atom. The number of nitrogens with one attached hydrogen (secondary N) is 1. The van der Waals surface area contributed by atoms with E-state index in [2.05, 4.69) is 40.6 Å². The monoisotopic (exact) mass is 457 g/mol. The molecule has 0 radical (unpaired) electrons. The molecule has 1 N–H and O–H groups in total. The number of hydrogen-bond donors (Lipinski definition) is 1. The quantitative estimate of drug-likeness (QED) is 0.378. The van der Waals surface area contributed by atoms with Crippen molar-refractivity contribution in [2.24, 2.45) is 0 Å². The third-order valence-electron chi connectivity index (χ3n) is 6.48. The second kappa shape index (κ2) is 9.35. The van der Waals surface area contributed by atoms with E-state index in [-0.39, 0.29) is 5.82 Å². The van der Waals surface area contributed by atoms with Crippen LogP contribution in [-0.4, -0.2) is 39.0 Å². The summed E-state index contributed by atoms with van der Waals surface area (Å²) in [6, 6.07) is 9.90. The van der Waals surface area contributed by atoms with Crippen LogP contribution in [0.25, 0.3) is 27.6 Å². The van der Waals surface area contributed by atoms with E-state index in [1.807, 2.05) is 24.3 Å². The van der Waals surface area contributed by atoms with Gasteiger partial charge in [-0.15, -0.1) is 0 Å². The number of aromatic nitrogens is 3. The highest BCUT2D eigenvalue weighted by molar-refractivity contribution is 5.89. The van der Waals surface area contributed by atoms with Crippen LogP contribution in [0.2, 0.25) is 0 Å². The van der Waals surface area contributed by atoms with Gasteiger partial charge in [0, 0.05) is 35.3 Å². The third kappa shape index (κ3) is 4.70. The lowest BCUT2D eigenvalue weighted by atomic mass is 9.96. The van der Waals surface area contributed by atoms with Crippen molar-refractivity contribution < 1.29 is 8.81 Å². The summed E-state index contributed by atoms with van der Waals surface area (Å²) in [6.07, 6.45) is 8.42. The van der Waals surface area contributed by atoms with Crippen molar-refractivity contribution in [1.29, 1.82) is 0 Å². The highest BCUT2D eigenvalue weighted by Gasteiger charge is 2.25. The molecule has 7 heteroatoms. The molecule has 6 nitrogen and oxygen atoms in total. The Hall–Kier alpha value is -3.58. The number of pyridine rings is 2. The van der Waals surface area contributed by atoms with Crippen molar-refractivity contribution in [3.05, 3.63) is 79.2 Å². The number of benzene rings is 1. The van der Waals surface area contributed by atoms with Crippen molar-refractivity contribution >= 4 is 22.3 Å². The smallest absolute Gasteiger partial charge is 0.197 e. The number of fused-ring (bicyclic) bond motifs is 1. The molecule has 1 aromatic carbocycles. The van der Waals surface area contributed by atoms with E-state index in [0.29, 0.717) is 29.2 Å². The molecule has 0 bridgehead atoms. The molecule has 4 heterocycles. The summed E-state index contributed by atoms with van der Waals surface area (Å²) in [7, 11) is 0. The minimum absolute atomic E-state index is 0.339. The van der Waals surface area contributed by atoms with Crippen molar-refractivity contribution in [2.75, 3.05) is 18.4 Å². The molecule has 0 amide bonds. The predicted molar refractivity (Wildman–Crippen MR) is 133 cm³/mol. The van der Waals surface area contributed by atoms with Crippen molar-refractivity contribution in [3.8, 4) is 11.1 Å². The summed E-state index contributed by atoms with van der Waals surface area (Å²) in [4.78, 5) is 15.6. The van der Waals surface area contributed by atoms with Crippen LogP contribution in [0.3, 0.4) is 0 Å². The van der Waals surface area contributed by atoms with E-state index >= 15 is 0 Å². The lowest BCUT2D eigenvalue weighted by molar-refractivity contribution is 0.163. The summed E-state index contributed by atoms with van der Waals surface area (Å²) < 4.78 is 19.4. The Morgan fingerprint density at radius 1 is 1.09 bits per heavy atom. The van der Waals surface area contributed by atoms with Crippen LogP contribution in [0.1, 0.15) is 44.2 Å². The summed E-state index contributed by atoms with van der Waals surface area (Å²) in [6.45, 7) is 10.7. The fraction of sp³-hybridized carbons (Fsp3) is 0.296. The van der Waals surface area contributed by atoms with Crippen LogP contribution in [0.5, 0.6) is 0 Å². The van der Waals surface area contributed by atoms with Gasteiger partial charge in [-0.05, 0) is 68.9 Å². The topological polar surface area (TPSA) is 67.1 Å². The average molecular weight is 458 g/mol.